The smallest absolute Gasteiger partial charge is 0.271 e. The fourth-order valence-corrected chi connectivity index (χ4v) is 2.50. The number of carbonyl (C=O) groups excluding carboxylic acids is 1. The molecule has 1 fully saturated rings. The highest BCUT2D eigenvalue weighted by Crippen LogP contribution is 2.23. The van der Waals surface area contributed by atoms with Gasteiger partial charge in [0.25, 0.3) is 5.91 Å². The SMILES string of the molecule is COc1cc(OC)cc(C(=O)N/N=C2/CCC[C@H](C)C2)c1. The number of nitrogens with one attached hydrogen (secondary N) is 1. The van der Waals surface area contributed by atoms with Crippen LogP contribution in [0.4, 0.5) is 0 Å². The Labute approximate surface area is 125 Å². The fraction of sp³-hybridized carbons (Fsp3) is 0.500. The first-order valence-electron chi connectivity index (χ1n) is 7.21. The van der Waals surface area contributed by atoms with E-state index in [1.807, 2.05) is 0 Å². The van der Waals surface area contributed by atoms with Crippen molar-refractivity contribution in [2.45, 2.75) is 32.6 Å². The van der Waals surface area contributed by atoms with Crippen LogP contribution in [0.5, 0.6) is 11.5 Å². The summed E-state index contributed by atoms with van der Waals surface area (Å²) in [6.07, 6.45) is 4.30. The quantitative estimate of drug-likeness (QED) is 0.867. The summed E-state index contributed by atoms with van der Waals surface area (Å²) < 4.78 is 10.3. The number of amides is 1. The van der Waals surface area contributed by atoms with E-state index in [1.54, 1.807) is 32.4 Å². The molecule has 0 heterocycles. The average molecular weight is 290 g/mol. The van der Waals surface area contributed by atoms with E-state index in [-0.39, 0.29) is 5.91 Å². The highest BCUT2D eigenvalue weighted by molar-refractivity contribution is 5.96. The highest BCUT2D eigenvalue weighted by atomic mass is 16.5. The molecule has 0 saturated heterocycles. The standard InChI is InChI=1S/C16H22N2O3/c1-11-5-4-6-13(7-11)17-18-16(19)12-8-14(20-2)10-15(9-12)21-3/h8-11H,4-7H2,1-3H3,(H,18,19)/b17-13-/t11-/m0/s1. The van der Waals surface area contributed by atoms with Crippen LogP contribution in [0, 0.1) is 5.92 Å². The molecule has 0 radical (unpaired) electrons. The summed E-state index contributed by atoms with van der Waals surface area (Å²) in [5, 5.41) is 4.26. The van der Waals surface area contributed by atoms with Gasteiger partial charge in [-0.3, -0.25) is 4.79 Å². The Morgan fingerprint density at radius 1 is 1.24 bits per heavy atom. The number of benzene rings is 1. The molecular formula is C16H22N2O3. The van der Waals surface area contributed by atoms with Crippen LogP contribution in [0.25, 0.3) is 0 Å². The number of hydrogen-bond acceptors (Lipinski definition) is 4. The van der Waals surface area contributed by atoms with E-state index < -0.39 is 0 Å². The van der Waals surface area contributed by atoms with Crippen molar-refractivity contribution in [3.05, 3.63) is 23.8 Å². The van der Waals surface area contributed by atoms with Gasteiger partial charge in [0.1, 0.15) is 11.5 Å². The molecule has 0 aromatic heterocycles. The van der Waals surface area contributed by atoms with Gasteiger partial charge in [0.2, 0.25) is 0 Å². The lowest BCUT2D eigenvalue weighted by molar-refractivity contribution is 0.0953. The Kier molecular flexibility index (Phi) is 5.20. The van der Waals surface area contributed by atoms with E-state index in [2.05, 4.69) is 17.5 Å². The van der Waals surface area contributed by atoms with Crippen molar-refractivity contribution in [2.24, 2.45) is 11.0 Å². The van der Waals surface area contributed by atoms with Crippen molar-refractivity contribution in [3.63, 3.8) is 0 Å². The van der Waals surface area contributed by atoms with Gasteiger partial charge in [-0.2, -0.15) is 5.10 Å². The summed E-state index contributed by atoms with van der Waals surface area (Å²) in [6.45, 7) is 2.21. The molecule has 114 valence electrons. The predicted molar refractivity (Wildman–Crippen MR) is 82.1 cm³/mol. The number of nitrogens with zero attached hydrogens (tertiary/aromatic N) is 1. The first-order chi connectivity index (χ1) is 10.1. The van der Waals surface area contributed by atoms with Gasteiger partial charge >= 0.3 is 0 Å². The van der Waals surface area contributed by atoms with Crippen molar-refractivity contribution in [1.29, 1.82) is 0 Å². The lowest BCUT2D eigenvalue weighted by atomic mass is 9.89. The van der Waals surface area contributed by atoms with Gasteiger partial charge in [-0.1, -0.05) is 6.92 Å². The summed E-state index contributed by atoms with van der Waals surface area (Å²) in [6, 6.07) is 5.06. The van der Waals surface area contributed by atoms with Crippen LogP contribution >= 0.6 is 0 Å². The van der Waals surface area contributed by atoms with Crippen LogP contribution < -0.4 is 14.9 Å². The lowest BCUT2D eigenvalue weighted by Crippen LogP contribution is -2.22. The Balaban J connectivity index is 2.07. The summed E-state index contributed by atoms with van der Waals surface area (Å²) in [7, 11) is 3.11. The minimum Gasteiger partial charge on any atom is -0.497 e. The third-order valence-corrected chi connectivity index (χ3v) is 3.68. The van der Waals surface area contributed by atoms with Crippen molar-refractivity contribution >= 4 is 11.6 Å². The summed E-state index contributed by atoms with van der Waals surface area (Å²) in [5.41, 5.74) is 4.17. The lowest BCUT2D eigenvalue weighted by Gasteiger charge is -2.19. The maximum Gasteiger partial charge on any atom is 0.271 e. The molecule has 0 unspecified atom stereocenters. The third-order valence-electron chi connectivity index (χ3n) is 3.68. The zero-order valence-corrected chi connectivity index (χ0v) is 12.8. The van der Waals surface area contributed by atoms with Crippen molar-refractivity contribution in [2.75, 3.05) is 14.2 Å². The van der Waals surface area contributed by atoms with Crippen LogP contribution in [-0.4, -0.2) is 25.8 Å². The van der Waals surface area contributed by atoms with Crippen LogP contribution in [-0.2, 0) is 0 Å². The number of ether oxygens (including phenoxy) is 2. The molecule has 21 heavy (non-hydrogen) atoms. The van der Waals surface area contributed by atoms with Crippen LogP contribution in [0.1, 0.15) is 43.0 Å². The first kappa shape index (κ1) is 15.4. The number of rotatable bonds is 4. The Bertz CT molecular complexity index is 518. The van der Waals surface area contributed by atoms with E-state index in [1.165, 1.54) is 6.42 Å². The molecule has 5 heteroatoms. The predicted octanol–water partition coefficient (Wildman–Crippen LogP) is 3.00. The molecule has 1 aromatic rings. The van der Waals surface area contributed by atoms with Crippen LogP contribution in [0.3, 0.4) is 0 Å². The fourth-order valence-electron chi connectivity index (χ4n) is 2.50. The maximum absolute atomic E-state index is 12.2. The monoisotopic (exact) mass is 290 g/mol. The Morgan fingerprint density at radius 3 is 2.48 bits per heavy atom. The van der Waals surface area contributed by atoms with Gasteiger partial charge in [-0.15, -0.1) is 0 Å². The van der Waals surface area contributed by atoms with Crippen molar-refractivity contribution in [1.82, 2.24) is 5.43 Å². The van der Waals surface area contributed by atoms with Crippen LogP contribution in [0.2, 0.25) is 0 Å². The zero-order valence-electron chi connectivity index (χ0n) is 12.8. The molecule has 1 aliphatic carbocycles. The molecule has 5 nitrogen and oxygen atoms in total. The summed E-state index contributed by atoms with van der Waals surface area (Å²) in [4.78, 5) is 12.2. The molecule has 1 aliphatic rings. The van der Waals surface area contributed by atoms with Gasteiger partial charge in [-0.25, -0.2) is 5.43 Å². The summed E-state index contributed by atoms with van der Waals surface area (Å²) in [5.74, 6) is 1.56. The second-order valence-corrected chi connectivity index (χ2v) is 5.42. The third kappa shape index (κ3) is 4.21. The van der Waals surface area contributed by atoms with E-state index in [9.17, 15) is 4.79 Å². The number of hydrazone groups is 1. The molecule has 2 rings (SSSR count). The normalized spacial score (nSPS) is 20.1. The minimum atomic E-state index is -0.252. The average Bonchev–Trinajstić information content (AvgIpc) is 2.52. The summed E-state index contributed by atoms with van der Waals surface area (Å²) >= 11 is 0. The molecule has 0 bridgehead atoms. The van der Waals surface area contributed by atoms with Gasteiger partial charge in [0.15, 0.2) is 0 Å². The van der Waals surface area contributed by atoms with E-state index in [4.69, 9.17) is 9.47 Å². The molecule has 1 atom stereocenters. The second-order valence-electron chi connectivity index (χ2n) is 5.42. The van der Waals surface area contributed by atoms with Gasteiger partial charge < -0.3 is 9.47 Å². The van der Waals surface area contributed by atoms with Crippen LogP contribution in [0.15, 0.2) is 23.3 Å². The molecule has 0 spiro atoms. The highest BCUT2D eigenvalue weighted by Gasteiger charge is 2.15. The first-order valence-corrected chi connectivity index (χ1v) is 7.21. The Hall–Kier alpha value is -2.04. The molecule has 0 aliphatic heterocycles. The van der Waals surface area contributed by atoms with E-state index in [0.717, 1.165) is 25.0 Å². The molecule has 1 saturated carbocycles. The number of methoxy groups -OCH3 is 2. The van der Waals surface area contributed by atoms with Gasteiger partial charge in [0, 0.05) is 17.3 Å². The topological polar surface area (TPSA) is 59.9 Å². The van der Waals surface area contributed by atoms with E-state index in [0.29, 0.717) is 23.0 Å². The van der Waals surface area contributed by atoms with Crippen molar-refractivity contribution < 1.29 is 14.3 Å². The molecule has 1 amide bonds. The minimum absolute atomic E-state index is 0.252. The molecular weight excluding hydrogens is 268 g/mol. The van der Waals surface area contributed by atoms with Crippen molar-refractivity contribution in [3.8, 4) is 11.5 Å². The largest absolute Gasteiger partial charge is 0.497 e. The van der Waals surface area contributed by atoms with Gasteiger partial charge in [0.05, 0.1) is 14.2 Å². The Morgan fingerprint density at radius 2 is 1.90 bits per heavy atom. The molecule has 1 N–H and O–H groups in total. The maximum atomic E-state index is 12.2. The van der Waals surface area contributed by atoms with Gasteiger partial charge in [-0.05, 0) is 43.7 Å². The second kappa shape index (κ2) is 7.11. The molecule has 1 aromatic carbocycles. The zero-order chi connectivity index (χ0) is 15.2. The van der Waals surface area contributed by atoms with E-state index >= 15 is 0 Å². The number of hydrogen-bond donors (Lipinski definition) is 1. The number of carbonyl (C=O) groups is 1.